The second-order valence-corrected chi connectivity index (χ2v) is 6.50. The number of halogens is 3. The van der Waals surface area contributed by atoms with Crippen molar-refractivity contribution in [3.8, 4) is 17.1 Å². The molecule has 0 fully saturated rings. The average Bonchev–Trinajstić information content (AvgIpc) is 2.91. The minimum absolute atomic E-state index is 0.303. The Bertz CT molecular complexity index is 752. The molecule has 0 bridgehead atoms. The molecule has 0 saturated carbocycles. The zero-order chi connectivity index (χ0) is 14.8. The molecule has 1 aromatic heterocycles. The molecule has 0 atom stereocenters. The van der Waals surface area contributed by atoms with Crippen molar-refractivity contribution in [1.82, 2.24) is 14.8 Å². The summed E-state index contributed by atoms with van der Waals surface area (Å²) in [6, 6.07) is 15.9. The fourth-order valence-corrected chi connectivity index (χ4v) is 3.59. The van der Waals surface area contributed by atoms with Crippen LogP contribution in [0.25, 0.3) is 17.1 Å². The first-order valence-corrected chi connectivity index (χ1v) is 8.33. The monoisotopic (exact) mass is 425 g/mol. The Hall–Kier alpha value is -1.17. The highest BCUT2D eigenvalue weighted by molar-refractivity contribution is 9.11. The molecule has 0 N–H and O–H groups in total. The summed E-state index contributed by atoms with van der Waals surface area (Å²) >= 11 is 13.0. The maximum atomic E-state index is 6.00. The lowest BCUT2D eigenvalue weighted by Crippen LogP contribution is -2.01. The van der Waals surface area contributed by atoms with Crippen LogP contribution in [-0.2, 0) is 5.88 Å². The molecule has 0 saturated heterocycles. The number of nitrogens with zero attached hydrogens (tertiary/aromatic N) is 3. The van der Waals surface area contributed by atoms with Gasteiger partial charge in [0, 0.05) is 20.2 Å². The fourth-order valence-electron chi connectivity index (χ4n) is 2.12. The third kappa shape index (κ3) is 3.05. The van der Waals surface area contributed by atoms with Gasteiger partial charge in [-0.2, -0.15) is 0 Å². The SMILES string of the molecule is ClCc1nnc(-c2cc(Br)cc(Br)c2)n1-c1ccccc1. The summed E-state index contributed by atoms with van der Waals surface area (Å²) in [6.07, 6.45) is 0. The molecule has 0 aliphatic rings. The Morgan fingerprint density at radius 1 is 0.952 bits per heavy atom. The number of para-hydroxylation sites is 1. The van der Waals surface area contributed by atoms with E-state index in [1.807, 2.05) is 53.1 Å². The van der Waals surface area contributed by atoms with Gasteiger partial charge in [0.15, 0.2) is 11.6 Å². The minimum Gasteiger partial charge on any atom is -0.278 e. The highest BCUT2D eigenvalue weighted by Crippen LogP contribution is 2.29. The normalized spacial score (nSPS) is 10.8. The van der Waals surface area contributed by atoms with Crippen molar-refractivity contribution < 1.29 is 0 Å². The van der Waals surface area contributed by atoms with Crippen molar-refractivity contribution in [2.45, 2.75) is 5.88 Å². The maximum absolute atomic E-state index is 6.00. The molecule has 6 heteroatoms. The number of aromatic nitrogens is 3. The topological polar surface area (TPSA) is 30.7 Å². The summed E-state index contributed by atoms with van der Waals surface area (Å²) in [5.74, 6) is 1.78. The molecule has 0 spiro atoms. The quantitative estimate of drug-likeness (QED) is 0.538. The van der Waals surface area contributed by atoms with E-state index in [0.29, 0.717) is 11.7 Å². The van der Waals surface area contributed by atoms with E-state index >= 15 is 0 Å². The molecular weight excluding hydrogens is 417 g/mol. The third-order valence-electron chi connectivity index (χ3n) is 2.98. The molecular formula is C15H10Br2ClN3. The van der Waals surface area contributed by atoms with Crippen LogP contribution in [0.3, 0.4) is 0 Å². The van der Waals surface area contributed by atoms with E-state index in [4.69, 9.17) is 11.6 Å². The first kappa shape index (κ1) is 14.8. The molecule has 2 aromatic carbocycles. The van der Waals surface area contributed by atoms with Crippen molar-refractivity contribution in [2.75, 3.05) is 0 Å². The van der Waals surface area contributed by atoms with Crippen LogP contribution in [0.1, 0.15) is 5.82 Å². The lowest BCUT2D eigenvalue weighted by Gasteiger charge is -2.10. The lowest BCUT2D eigenvalue weighted by molar-refractivity contribution is 0.953. The third-order valence-corrected chi connectivity index (χ3v) is 4.14. The van der Waals surface area contributed by atoms with Gasteiger partial charge in [-0.15, -0.1) is 21.8 Å². The van der Waals surface area contributed by atoms with E-state index in [9.17, 15) is 0 Å². The van der Waals surface area contributed by atoms with Crippen LogP contribution in [0.15, 0.2) is 57.5 Å². The number of alkyl halides is 1. The number of hydrogen-bond donors (Lipinski definition) is 0. The molecule has 0 aliphatic carbocycles. The van der Waals surface area contributed by atoms with E-state index in [2.05, 4.69) is 42.1 Å². The predicted octanol–water partition coefficient (Wildman–Crippen LogP) is 5.20. The standard InChI is InChI=1S/C15H10Br2ClN3/c16-11-6-10(7-12(17)8-11)15-20-19-14(9-18)21(15)13-4-2-1-3-5-13/h1-8H,9H2. The van der Waals surface area contributed by atoms with E-state index in [1.54, 1.807) is 0 Å². The van der Waals surface area contributed by atoms with Gasteiger partial charge in [0.25, 0.3) is 0 Å². The smallest absolute Gasteiger partial charge is 0.168 e. The number of hydrogen-bond acceptors (Lipinski definition) is 2. The zero-order valence-electron chi connectivity index (χ0n) is 10.8. The van der Waals surface area contributed by atoms with Gasteiger partial charge in [-0.25, -0.2) is 0 Å². The highest BCUT2D eigenvalue weighted by Gasteiger charge is 2.15. The van der Waals surface area contributed by atoms with Crippen LogP contribution in [0, 0.1) is 0 Å². The Balaban J connectivity index is 2.22. The van der Waals surface area contributed by atoms with Crippen molar-refractivity contribution >= 4 is 43.5 Å². The van der Waals surface area contributed by atoms with Gasteiger partial charge >= 0.3 is 0 Å². The van der Waals surface area contributed by atoms with Crippen LogP contribution in [0.4, 0.5) is 0 Å². The average molecular weight is 428 g/mol. The minimum atomic E-state index is 0.303. The van der Waals surface area contributed by atoms with Gasteiger partial charge in [0.2, 0.25) is 0 Å². The molecule has 0 amide bonds. The first-order chi connectivity index (χ1) is 10.2. The van der Waals surface area contributed by atoms with Crippen molar-refractivity contribution in [3.05, 3.63) is 63.3 Å². The summed E-state index contributed by atoms with van der Waals surface area (Å²) in [7, 11) is 0. The molecule has 21 heavy (non-hydrogen) atoms. The zero-order valence-corrected chi connectivity index (χ0v) is 14.7. The Kier molecular flexibility index (Phi) is 4.42. The summed E-state index contributed by atoms with van der Waals surface area (Å²) in [5, 5.41) is 8.50. The number of benzene rings is 2. The van der Waals surface area contributed by atoms with Crippen LogP contribution in [0.5, 0.6) is 0 Å². The van der Waals surface area contributed by atoms with Gasteiger partial charge in [-0.3, -0.25) is 4.57 Å². The largest absolute Gasteiger partial charge is 0.278 e. The molecule has 0 aliphatic heterocycles. The second kappa shape index (κ2) is 6.30. The van der Waals surface area contributed by atoms with Crippen molar-refractivity contribution in [3.63, 3.8) is 0 Å². The van der Waals surface area contributed by atoms with Gasteiger partial charge < -0.3 is 0 Å². The van der Waals surface area contributed by atoms with Gasteiger partial charge in [0.05, 0.1) is 5.88 Å². The lowest BCUT2D eigenvalue weighted by atomic mass is 10.2. The van der Waals surface area contributed by atoms with E-state index in [0.717, 1.165) is 26.0 Å². The highest BCUT2D eigenvalue weighted by atomic mass is 79.9. The maximum Gasteiger partial charge on any atom is 0.168 e. The second-order valence-electron chi connectivity index (χ2n) is 4.40. The van der Waals surface area contributed by atoms with E-state index in [-0.39, 0.29) is 0 Å². The van der Waals surface area contributed by atoms with Crippen molar-refractivity contribution in [1.29, 1.82) is 0 Å². The molecule has 106 valence electrons. The Morgan fingerprint density at radius 3 is 2.24 bits per heavy atom. The fraction of sp³-hybridized carbons (Fsp3) is 0.0667. The molecule has 0 radical (unpaired) electrons. The van der Waals surface area contributed by atoms with Gasteiger partial charge in [-0.1, -0.05) is 50.1 Å². The summed E-state index contributed by atoms with van der Waals surface area (Å²) in [6.45, 7) is 0. The van der Waals surface area contributed by atoms with Crippen LogP contribution in [-0.4, -0.2) is 14.8 Å². The summed E-state index contributed by atoms with van der Waals surface area (Å²) in [4.78, 5) is 0. The predicted molar refractivity (Wildman–Crippen MR) is 91.8 cm³/mol. The van der Waals surface area contributed by atoms with Crippen LogP contribution in [0.2, 0.25) is 0 Å². The molecule has 1 heterocycles. The van der Waals surface area contributed by atoms with E-state index < -0.39 is 0 Å². The number of rotatable bonds is 3. The van der Waals surface area contributed by atoms with Gasteiger partial charge in [0.1, 0.15) is 0 Å². The first-order valence-electron chi connectivity index (χ1n) is 6.21. The summed E-state index contributed by atoms with van der Waals surface area (Å²) < 4.78 is 3.92. The Morgan fingerprint density at radius 2 is 1.62 bits per heavy atom. The van der Waals surface area contributed by atoms with Crippen LogP contribution >= 0.6 is 43.5 Å². The van der Waals surface area contributed by atoms with E-state index in [1.165, 1.54) is 0 Å². The van der Waals surface area contributed by atoms with Crippen LogP contribution < -0.4 is 0 Å². The summed E-state index contributed by atoms with van der Waals surface area (Å²) in [5.41, 5.74) is 1.95. The molecule has 3 aromatic rings. The Labute approximate surface area is 144 Å². The van der Waals surface area contributed by atoms with Crippen molar-refractivity contribution in [2.24, 2.45) is 0 Å². The molecule has 3 rings (SSSR count). The molecule has 0 unspecified atom stereocenters. The molecule has 3 nitrogen and oxygen atoms in total. The van der Waals surface area contributed by atoms with Gasteiger partial charge in [-0.05, 0) is 30.3 Å².